The summed E-state index contributed by atoms with van der Waals surface area (Å²) in [5.41, 5.74) is 7.31. The molecular formula is C28H32N6O3S. The molecule has 1 aliphatic carbocycles. The summed E-state index contributed by atoms with van der Waals surface area (Å²) in [6.45, 7) is 8.72. The van der Waals surface area contributed by atoms with Crippen molar-refractivity contribution in [1.29, 1.82) is 10.5 Å². The minimum Gasteiger partial charge on any atom is -0.444 e. The summed E-state index contributed by atoms with van der Waals surface area (Å²) in [7, 11) is 0. The van der Waals surface area contributed by atoms with E-state index in [4.69, 9.17) is 15.5 Å². The van der Waals surface area contributed by atoms with E-state index in [-0.39, 0.29) is 18.1 Å². The van der Waals surface area contributed by atoms with Crippen molar-refractivity contribution < 1.29 is 14.3 Å². The fourth-order valence-electron chi connectivity index (χ4n) is 4.65. The number of aromatic nitrogens is 1. The van der Waals surface area contributed by atoms with Crippen molar-refractivity contribution >= 4 is 29.6 Å². The van der Waals surface area contributed by atoms with Crippen molar-refractivity contribution in [3.05, 3.63) is 52.6 Å². The fourth-order valence-corrected chi connectivity index (χ4v) is 5.70. The van der Waals surface area contributed by atoms with Crippen LogP contribution in [0, 0.1) is 22.7 Å². The zero-order valence-electron chi connectivity index (χ0n) is 22.1. The van der Waals surface area contributed by atoms with Crippen LogP contribution >= 0.6 is 11.8 Å². The van der Waals surface area contributed by atoms with E-state index in [1.807, 2.05) is 62.9 Å². The number of nitrogens with two attached hydrogens (primary N) is 1. The number of anilines is 1. The van der Waals surface area contributed by atoms with Crippen LogP contribution < -0.4 is 10.6 Å². The highest BCUT2D eigenvalue weighted by molar-refractivity contribution is 8.00. The number of carbonyl (C=O) groups excluding carboxylic acids is 2. The van der Waals surface area contributed by atoms with Crippen molar-refractivity contribution in [2.45, 2.75) is 68.4 Å². The number of benzene rings is 1. The summed E-state index contributed by atoms with van der Waals surface area (Å²) in [6.07, 6.45) is 1.40. The first kappa shape index (κ1) is 27.3. The second kappa shape index (κ2) is 10.9. The van der Waals surface area contributed by atoms with Gasteiger partial charge in [0.1, 0.15) is 33.8 Å². The first-order chi connectivity index (χ1) is 18.0. The number of hydrogen-bond donors (Lipinski definition) is 1. The Morgan fingerprint density at radius 1 is 1.13 bits per heavy atom. The van der Waals surface area contributed by atoms with Gasteiger partial charge in [-0.2, -0.15) is 10.5 Å². The Hall–Kier alpha value is -3.76. The minimum atomic E-state index is -0.744. The number of amides is 2. The van der Waals surface area contributed by atoms with Gasteiger partial charge in [0.05, 0.1) is 11.1 Å². The number of thioether (sulfide) groups is 1. The van der Waals surface area contributed by atoms with Crippen LogP contribution in [0.4, 0.5) is 10.6 Å². The number of ether oxygens (including phenoxy) is 1. The molecule has 4 rings (SSSR count). The minimum absolute atomic E-state index is 0.102. The van der Waals surface area contributed by atoms with E-state index >= 15 is 0 Å². The number of primary amides is 1. The average Bonchev–Trinajstić information content (AvgIpc) is 3.70. The van der Waals surface area contributed by atoms with E-state index in [9.17, 15) is 20.1 Å². The zero-order valence-corrected chi connectivity index (χ0v) is 22.9. The third kappa shape index (κ3) is 5.87. The van der Waals surface area contributed by atoms with E-state index in [0.29, 0.717) is 52.7 Å². The summed E-state index contributed by atoms with van der Waals surface area (Å²) in [6, 6.07) is 13.5. The standard InChI is InChI=1S/C28H32N6O3S/c1-17-16-33(12-13-34(17)27(36)37-28(2,3)4)25-20(14-29)22(18-10-11-18)21(15-30)26(32-25)38-23(24(31)35)19-8-6-5-7-9-19/h5-9,17-18,23H,10-13,16H2,1-4H3,(H2,31,35). The molecule has 0 bridgehead atoms. The number of pyridine rings is 1. The Balaban J connectivity index is 1.72. The third-order valence-corrected chi connectivity index (χ3v) is 7.80. The van der Waals surface area contributed by atoms with Crippen LogP contribution in [-0.4, -0.2) is 53.2 Å². The number of hydrogen-bond acceptors (Lipinski definition) is 8. The molecule has 2 amide bonds. The maximum atomic E-state index is 12.7. The van der Waals surface area contributed by atoms with Gasteiger partial charge >= 0.3 is 6.09 Å². The SMILES string of the molecule is CC1CN(c2nc(SC(C(N)=O)c3ccccc3)c(C#N)c(C3CC3)c2C#N)CCN1C(=O)OC(C)(C)C. The lowest BCUT2D eigenvalue weighted by Crippen LogP contribution is -2.55. The van der Waals surface area contributed by atoms with Gasteiger partial charge in [0, 0.05) is 25.7 Å². The normalized spacial score (nSPS) is 18.3. The Morgan fingerprint density at radius 3 is 2.32 bits per heavy atom. The van der Waals surface area contributed by atoms with Gasteiger partial charge in [-0.05, 0) is 57.6 Å². The van der Waals surface area contributed by atoms with Crippen LogP contribution in [0.2, 0.25) is 0 Å². The molecule has 0 radical (unpaired) electrons. The Kier molecular flexibility index (Phi) is 7.84. The first-order valence-corrected chi connectivity index (χ1v) is 13.6. The van der Waals surface area contributed by atoms with Crippen molar-refractivity contribution in [2.24, 2.45) is 5.73 Å². The van der Waals surface area contributed by atoms with E-state index < -0.39 is 16.8 Å². The van der Waals surface area contributed by atoms with Crippen LogP contribution in [-0.2, 0) is 9.53 Å². The average molecular weight is 533 g/mol. The third-order valence-electron chi connectivity index (χ3n) is 6.54. The molecule has 2 N–H and O–H groups in total. The lowest BCUT2D eigenvalue weighted by molar-refractivity contribution is -0.117. The van der Waals surface area contributed by atoms with Crippen molar-refractivity contribution in [3.63, 3.8) is 0 Å². The molecule has 1 saturated carbocycles. The van der Waals surface area contributed by atoms with Crippen LogP contribution in [0.5, 0.6) is 0 Å². The van der Waals surface area contributed by atoms with Crippen LogP contribution in [0.15, 0.2) is 35.4 Å². The summed E-state index contributed by atoms with van der Waals surface area (Å²) in [5.74, 6) is 0.0397. The topological polar surface area (TPSA) is 136 Å². The molecule has 38 heavy (non-hydrogen) atoms. The monoisotopic (exact) mass is 532 g/mol. The second-order valence-corrected chi connectivity index (χ2v) is 11.8. The Bertz CT molecular complexity index is 1310. The molecule has 1 saturated heterocycles. The van der Waals surface area contributed by atoms with E-state index in [1.54, 1.807) is 4.90 Å². The van der Waals surface area contributed by atoms with Gasteiger partial charge in [-0.15, -0.1) is 0 Å². The highest BCUT2D eigenvalue weighted by Crippen LogP contribution is 2.48. The number of nitriles is 2. The molecule has 1 aromatic heterocycles. The largest absolute Gasteiger partial charge is 0.444 e. The van der Waals surface area contributed by atoms with Crippen LogP contribution in [0.3, 0.4) is 0 Å². The lowest BCUT2D eigenvalue weighted by Gasteiger charge is -2.41. The molecule has 2 heterocycles. The maximum Gasteiger partial charge on any atom is 0.410 e. The molecule has 2 aromatic rings. The molecule has 2 aliphatic rings. The van der Waals surface area contributed by atoms with E-state index in [0.717, 1.165) is 24.6 Å². The number of nitrogens with zero attached hydrogens (tertiary/aromatic N) is 5. The van der Waals surface area contributed by atoms with Gasteiger partial charge in [-0.25, -0.2) is 9.78 Å². The van der Waals surface area contributed by atoms with Gasteiger partial charge < -0.3 is 20.3 Å². The maximum absolute atomic E-state index is 12.7. The fraction of sp³-hybridized carbons (Fsp3) is 0.464. The van der Waals surface area contributed by atoms with E-state index in [1.165, 1.54) is 0 Å². The van der Waals surface area contributed by atoms with Gasteiger partial charge in [0.25, 0.3) is 0 Å². The number of carbonyl (C=O) groups is 2. The molecular weight excluding hydrogens is 500 g/mol. The molecule has 198 valence electrons. The first-order valence-electron chi connectivity index (χ1n) is 12.7. The molecule has 2 atom stereocenters. The molecule has 10 heteroatoms. The van der Waals surface area contributed by atoms with Crippen molar-refractivity contribution in [1.82, 2.24) is 9.88 Å². The van der Waals surface area contributed by atoms with Crippen LogP contribution in [0.25, 0.3) is 0 Å². The van der Waals surface area contributed by atoms with Crippen LogP contribution in [0.1, 0.15) is 74.0 Å². The summed E-state index contributed by atoms with van der Waals surface area (Å²) >= 11 is 1.14. The van der Waals surface area contributed by atoms with Gasteiger partial charge in [0.2, 0.25) is 5.91 Å². The highest BCUT2D eigenvalue weighted by Gasteiger charge is 2.37. The van der Waals surface area contributed by atoms with Crippen molar-refractivity contribution in [2.75, 3.05) is 24.5 Å². The predicted molar refractivity (Wildman–Crippen MR) is 144 cm³/mol. The van der Waals surface area contributed by atoms with E-state index in [2.05, 4.69) is 12.1 Å². The number of piperazine rings is 1. The quantitative estimate of drug-likeness (QED) is 0.538. The van der Waals surface area contributed by atoms with Gasteiger partial charge in [-0.3, -0.25) is 4.79 Å². The summed E-state index contributed by atoms with van der Waals surface area (Å²) in [5, 5.41) is 20.0. The predicted octanol–water partition coefficient (Wildman–Crippen LogP) is 4.47. The summed E-state index contributed by atoms with van der Waals surface area (Å²) in [4.78, 5) is 33.7. The van der Waals surface area contributed by atoms with Gasteiger partial charge in [0.15, 0.2) is 0 Å². The molecule has 2 unspecified atom stereocenters. The highest BCUT2D eigenvalue weighted by atomic mass is 32.2. The van der Waals surface area contributed by atoms with Gasteiger partial charge in [-0.1, -0.05) is 42.1 Å². The molecule has 0 spiro atoms. The smallest absolute Gasteiger partial charge is 0.410 e. The lowest BCUT2D eigenvalue weighted by atomic mass is 9.99. The summed E-state index contributed by atoms with van der Waals surface area (Å²) < 4.78 is 5.57. The molecule has 1 aromatic carbocycles. The molecule has 2 fully saturated rings. The number of rotatable bonds is 6. The zero-order chi connectivity index (χ0) is 27.6. The molecule has 1 aliphatic heterocycles. The molecule has 9 nitrogen and oxygen atoms in total. The van der Waals surface area contributed by atoms with Crippen molar-refractivity contribution in [3.8, 4) is 12.1 Å². The Morgan fingerprint density at radius 2 is 1.79 bits per heavy atom. The second-order valence-electron chi connectivity index (χ2n) is 10.7. The Labute approximate surface area is 227 Å².